The lowest BCUT2D eigenvalue weighted by molar-refractivity contribution is -0.122. The summed E-state index contributed by atoms with van der Waals surface area (Å²) in [5.41, 5.74) is 1.11. The lowest BCUT2D eigenvalue weighted by atomic mass is 10.1. The summed E-state index contributed by atoms with van der Waals surface area (Å²) in [6.45, 7) is 4.51. The zero-order chi connectivity index (χ0) is 14.7. The second-order valence-corrected chi connectivity index (χ2v) is 5.04. The van der Waals surface area contributed by atoms with Crippen LogP contribution in [-0.2, 0) is 4.79 Å². The Morgan fingerprint density at radius 1 is 1.45 bits per heavy atom. The maximum Gasteiger partial charge on any atom is 0.265 e. The number of benzene rings is 1. The Kier molecular flexibility index (Phi) is 4.27. The van der Waals surface area contributed by atoms with Crippen LogP contribution in [0.15, 0.2) is 18.2 Å². The minimum Gasteiger partial charge on any atom is -0.479 e. The van der Waals surface area contributed by atoms with E-state index in [1.807, 2.05) is 0 Å². The van der Waals surface area contributed by atoms with Crippen molar-refractivity contribution < 1.29 is 14.3 Å². The van der Waals surface area contributed by atoms with Gasteiger partial charge in [-0.1, -0.05) is 13.3 Å². The summed E-state index contributed by atoms with van der Waals surface area (Å²) in [7, 11) is 1.79. The zero-order valence-electron chi connectivity index (χ0n) is 12.1. The van der Waals surface area contributed by atoms with Crippen LogP contribution < -0.4 is 10.1 Å². The van der Waals surface area contributed by atoms with Gasteiger partial charge in [0.2, 0.25) is 0 Å². The molecule has 108 valence electrons. The summed E-state index contributed by atoms with van der Waals surface area (Å²) < 4.78 is 5.47. The van der Waals surface area contributed by atoms with E-state index in [0.29, 0.717) is 17.0 Å². The Labute approximate surface area is 118 Å². The Balaban J connectivity index is 2.17. The molecule has 1 aromatic carbocycles. The molecule has 0 aliphatic carbocycles. The summed E-state index contributed by atoms with van der Waals surface area (Å²) in [6.07, 6.45) is 1.52. The molecule has 0 fully saturated rings. The number of rotatable bonds is 4. The first-order valence-electron chi connectivity index (χ1n) is 6.90. The van der Waals surface area contributed by atoms with E-state index in [0.717, 1.165) is 19.4 Å². The number of fused-ring (bicyclic) bond motifs is 1. The number of nitrogens with zero attached hydrogens (tertiary/aromatic N) is 1. The van der Waals surface area contributed by atoms with Crippen LogP contribution in [0.2, 0.25) is 0 Å². The number of carbonyl (C=O) groups excluding carboxylic acids is 2. The van der Waals surface area contributed by atoms with Gasteiger partial charge in [0.05, 0.1) is 5.69 Å². The van der Waals surface area contributed by atoms with E-state index >= 15 is 0 Å². The van der Waals surface area contributed by atoms with Gasteiger partial charge in [-0.05, 0) is 31.5 Å². The number of amides is 2. The molecule has 1 aromatic rings. The molecular weight excluding hydrogens is 256 g/mol. The maximum absolute atomic E-state index is 12.3. The van der Waals surface area contributed by atoms with Crippen molar-refractivity contribution in [2.75, 3.05) is 18.9 Å². The summed E-state index contributed by atoms with van der Waals surface area (Å²) in [5.74, 6) is 0.361. The van der Waals surface area contributed by atoms with Gasteiger partial charge in [0.25, 0.3) is 11.8 Å². The minimum absolute atomic E-state index is 0.0471. The molecule has 0 aromatic heterocycles. The molecule has 1 heterocycles. The molecule has 1 atom stereocenters. The van der Waals surface area contributed by atoms with Gasteiger partial charge in [0.1, 0.15) is 5.75 Å². The molecule has 5 nitrogen and oxygen atoms in total. The molecule has 0 bridgehead atoms. The fraction of sp³-hybridized carbons (Fsp3) is 0.467. The van der Waals surface area contributed by atoms with Gasteiger partial charge in [0.15, 0.2) is 6.10 Å². The van der Waals surface area contributed by atoms with Gasteiger partial charge in [-0.15, -0.1) is 0 Å². The second-order valence-electron chi connectivity index (χ2n) is 5.04. The summed E-state index contributed by atoms with van der Waals surface area (Å²) in [5, 5.41) is 2.75. The van der Waals surface area contributed by atoms with Gasteiger partial charge in [0, 0.05) is 19.2 Å². The zero-order valence-corrected chi connectivity index (χ0v) is 12.1. The lowest BCUT2D eigenvalue weighted by Gasteiger charge is -2.24. The van der Waals surface area contributed by atoms with Crippen LogP contribution in [0.3, 0.4) is 0 Å². The number of hydrogen-bond acceptors (Lipinski definition) is 3. The number of unbranched alkanes of at least 4 members (excludes halogenated alkanes) is 1. The first-order chi connectivity index (χ1) is 9.52. The summed E-state index contributed by atoms with van der Waals surface area (Å²) in [4.78, 5) is 25.5. The normalized spacial score (nSPS) is 16.9. The molecule has 2 rings (SSSR count). The van der Waals surface area contributed by atoms with Crippen molar-refractivity contribution in [2.45, 2.75) is 32.8 Å². The number of anilines is 1. The van der Waals surface area contributed by atoms with E-state index < -0.39 is 6.10 Å². The standard InChI is InChI=1S/C15H20N2O3/c1-4-5-8-17(3)15(19)11-6-7-13-12(9-11)16-14(18)10(2)20-13/h6-7,9-10H,4-5,8H2,1-3H3,(H,16,18). The third kappa shape index (κ3) is 2.92. The van der Waals surface area contributed by atoms with Crippen LogP contribution in [0.25, 0.3) is 0 Å². The fourth-order valence-electron chi connectivity index (χ4n) is 2.06. The number of nitrogens with one attached hydrogen (secondary N) is 1. The topological polar surface area (TPSA) is 58.6 Å². The van der Waals surface area contributed by atoms with E-state index in [1.54, 1.807) is 37.1 Å². The van der Waals surface area contributed by atoms with Gasteiger partial charge >= 0.3 is 0 Å². The van der Waals surface area contributed by atoms with E-state index in [-0.39, 0.29) is 11.8 Å². The average Bonchev–Trinajstić information content (AvgIpc) is 2.44. The van der Waals surface area contributed by atoms with Gasteiger partial charge in [-0.3, -0.25) is 9.59 Å². The highest BCUT2D eigenvalue weighted by Gasteiger charge is 2.24. The minimum atomic E-state index is -0.503. The Morgan fingerprint density at radius 2 is 2.20 bits per heavy atom. The SMILES string of the molecule is CCCCN(C)C(=O)c1ccc2c(c1)NC(=O)C(C)O2. The van der Waals surface area contributed by atoms with E-state index in [1.165, 1.54) is 0 Å². The number of hydrogen-bond donors (Lipinski definition) is 1. The van der Waals surface area contributed by atoms with Crippen molar-refractivity contribution in [3.05, 3.63) is 23.8 Å². The van der Waals surface area contributed by atoms with Crippen molar-refractivity contribution in [1.82, 2.24) is 4.90 Å². The Morgan fingerprint density at radius 3 is 2.90 bits per heavy atom. The fourth-order valence-corrected chi connectivity index (χ4v) is 2.06. The molecule has 1 aliphatic rings. The highest BCUT2D eigenvalue weighted by atomic mass is 16.5. The second kappa shape index (κ2) is 5.94. The van der Waals surface area contributed by atoms with Crippen molar-refractivity contribution in [3.8, 4) is 5.75 Å². The van der Waals surface area contributed by atoms with Crippen LogP contribution in [0.5, 0.6) is 5.75 Å². The third-order valence-corrected chi connectivity index (χ3v) is 3.35. The van der Waals surface area contributed by atoms with Crippen LogP contribution in [0.4, 0.5) is 5.69 Å². The van der Waals surface area contributed by atoms with Gasteiger partial charge < -0.3 is 15.0 Å². The van der Waals surface area contributed by atoms with Crippen LogP contribution in [0.1, 0.15) is 37.0 Å². The molecule has 1 aliphatic heterocycles. The largest absolute Gasteiger partial charge is 0.479 e. The van der Waals surface area contributed by atoms with E-state index in [4.69, 9.17) is 4.74 Å². The number of ether oxygens (including phenoxy) is 1. The molecule has 5 heteroatoms. The molecule has 1 N–H and O–H groups in total. The molecule has 0 saturated carbocycles. The number of carbonyl (C=O) groups is 2. The molecule has 0 radical (unpaired) electrons. The van der Waals surface area contributed by atoms with Gasteiger partial charge in [-0.25, -0.2) is 0 Å². The van der Waals surface area contributed by atoms with Crippen molar-refractivity contribution in [3.63, 3.8) is 0 Å². The smallest absolute Gasteiger partial charge is 0.265 e. The third-order valence-electron chi connectivity index (χ3n) is 3.35. The molecular formula is C15H20N2O3. The van der Waals surface area contributed by atoms with Crippen molar-refractivity contribution >= 4 is 17.5 Å². The lowest BCUT2D eigenvalue weighted by Crippen LogP contribution is -2.34. The van der Waals surface area contributed by atoms with Crippen LogP contribution in [-0.4, -0.2) is 36.4 Å². The molecule has 0 spiro atoms. The van der Waals surface area contributed by atoms with Gasteiger partial charge in [-0.2, -0.15) is 0 Å². The predicted octanol–water partition coefficient (Wildman–Crippen LogP) is 2.28. The quantitative estimate of drug-likeness (QED) is 0.917. The summed E-state index contributed by atoms with van der Waals surface area (Å²) in [6, 6.07) is 5.13. The Bertz CT molecular complexity index is 528. The molecule has 0 saturated heterocycles. The summed E-state index contributed by atoms with van der Waals surface area (Å²) >= 11 is 0. The first-order valence-corrected chi connectivity index (χ1v) is 6.90. The van der Waals surface area contributed by atoms with Crippen molar-refractivity contribution in [2.24, 2.45) is 0 Å². The predicted molar refractivity (Wildman–Crippen MR) is 77.0 cm³/mol. The first kappa shape index (κ1) is 14.4. The molecule has 2 amide bonds. The Hall–Kier alpha value is -2.04. The average molecular weight is 276 g/mol. The highest BCUT2D eigenvalue weighted by molar-refractivity contribution is 6.00. The van der Waals surface area contributed by atoms with Crippen LogP contribution in [0, 0.1) is 0 Å². The maximum atomic E-state index is 12.3. The van der Waals surface area contributed by atoms with E-state index in [9.17, 15) is 9.59 Å². The van der Waals surface area contributed by atoms with Crippen LogP contribution >= 0.6 is 0 Å². The molecule has 20 heavy (non-hydrogen) atoms. The highest BCUT2D eigenvalue weighted by Crippen LogP contribution is 2.30. The molecule has 1 unspecified atom stereocenters. The van der Waals surface area contributed by atoms with Crippen molar-refractivity contribution in [1.29, 1.82) is 0 Å². The monoisotopic (exact) mass is 276 g/mol. The van der Waals surface area contributed by atoms with E-state index in [2.05, 4.69) is 12.2 Å².